The average Bonchev–Trinajstić information content (AvgIpc) is 2.14. The Balaban J connectivity index is 3.45. The van der Waals surface area contributed by atoms with Crippen LogP contribution in [-0.2, 0) is 23.4 Å². The highest BCUT2D eigenvalue weighted by Gasteiger charge is 2.37. The van der Waals surface area contributed by atoms with E-state index in [-0.39, 0.29) is 18.2 Å². The number of alkyl halides is 6. The van der Waals surface area contributed by atoms with Crippen LogP contribution in [0.25, 0.3) is 0 Å². The maximum Gasteiger partial charge on any atom is 0.416 e. The summed E-state index contributed by atoms with van der Waals surface area (Å²) in [6.45, 7) is 0. The quantitative estimate of drug-likeness (QED) is 0.632. The minimum atomic E-state index is -5.02. The summed E-state index contributed by atoms with van der Waals surface area (Å²) in [5.74, 6) is 0. The van der Waals surface area contributed by atoms with Crippen molar-refractivity contribution in [3.8, 4) is 0 Å². The van der Waals surface area contributed by atoms with Gasteiger partial charge in [0.15, 0.2) is 11.1 Å². The van der Waals surface area contributed by atoms with E-state index >= 15 is 0 Å². The summed E-state index contributed by atoms with van der Waals surface area (Å²) >= 11 is -2.92. The lowest BCUT2D eigenvalue weighted by Crippen LogP contribution is -2.12. The summed E-state index contributed by atoms with van der Waals surface area (Å²) in [6, 6.07) is 0.285. The average molecular weight is 278 g/mol. The molecule has 0 saturated heterocycles. The van der Waals surface area contributed by atoms with Gasteiger partial charge in [0.25, 0.3) is 0 Å². The van der Waals surface area contributed by atoms with Gasteiger partial charge < -0.3 is 4.55 Å². The highest BCUT2D eigenvalue weighted by atomic mass is 32.2. The van der Waals surface area contributed by atoms with E-state index in [1.807, 2.05) is 0 Å². The molecule has 0 radical (unpaired) electrons. The fourth-order valence-electron chi connectivity index (χ4n) is 1.03. The molecule has 0 bridgehead atoms. The maximum atomic E-state index is 12.3. The third-order valence-electron chi connectivity index (χ3n) is 1.76. The van der Waals surface area contributed by atoms with Gasteiger partial charge in [0.1, 0.15) is 0 Å². The van der Waals surface area contributed by atoms with Crippen LogP contribution in [0, 0.1) is 0 Å². The van der Waals surface area contributed by atoms with Crippen molar-refractivity contribution in [3.63, 3.8) is 0 Å². The Morgan fingerprint density at radius 3 is 1.47 bits per heavy atom. The third kappa shape index (κ3) is 3.43. The monoisotopic (exact) mass is 278 g/mol. The van der Waals surface area contributed by atoms with Gasteiger partial charge in [-0.3, -0.25) is 0 Å². The predicted octanol–water partition coefficient (Wildman–Crippen LogP) is 3.30. The van der Waals surface area contributed by atoms with E-state index < -0.39 is 39.5 Å². The Labute approximate surface area is 93.5 Å². The first kappa shape index (κ1) is 14.0. The molecule has 2 nitrogen and oxygen atoms in total. The summed E-state index contributed by atoms with van der Waals surface area (Å²) in [6.07, 6.45) is -10.0. The van der Waals surface area contributed by atoms with Gasteiger partial charge in [-0.05, 0) is 18.2 Å². The first-order valence-electron chi connectivity index (χ1n) is 3.92. The first-order chi connectivity index (χ1) is 7.51. The van der Waals surface area contributed by atoms with Gasteiger partial charge in [-0.2, -0.15) is 26.3 Å². The molecule has 1 N–H and O–H groups in total. The van der Waals surface area contributed by atoms with Crippen LogP contribution in [0.2, 0.25) is 0 Å². The third-order valence-corrected chi connectivity index (χ3v) is 2.40. The van der Waals surface area contributed by atoms with Gasteiger partial charge in [-0.15, -0.1) is 0 Å². The lowest BCUT2D eigenvalue weighted by molar-refractivity contribution is -0.143. The van der Waals surface area contributed by atoms with E-state index in [2.05, 4.69) is 0 Å². The minimum absolute atomic E-state index is 0.115. The second-order valence-electron chi connectivity index (χ2n) is 2.99. The van der Waals surface area contributed by atoms with Crippen LogP contribution in [-0.4, -0.2) is 8.76 Å². The molecule has 0 aliphatic heterocycles. The minimum Gasteiger partial charge on any atom is -0.302 e. The van der Waals surface area contributed by atoms with Crippen LogP contribution in [0.1, 0.15) is 11.1 Å². The van der Waals surface area contributed by atoms with Crippen molar-refractivity contribution in [3.05, 3.63) is 29.3 Å². The van der Waals surface area contributed by atoms with Crippen molar-refractivity contribution in [2.75, 3.05) is 0 Å². The molecule has 0 aliphatic rings. The van der Waals surface area contributed by atoms with Gasteiger partial charge in [0, 0.05) is 0 Å². The summed E-state index contributed by atoms with van der Waals surface area (Å²) in [7, 11) is 0. The van der Waals surface area contributed by atoms with Crippen molar-refractivity contribution in [1.29, 1.82) is 0 Å². The molecule has 0 spiro atoms. The van der Waals surface area contributed by atoms with Crippen molar-refractivity contribution < 1.29 is 35.1 Å². The number of rotatable bonds is 1. The van der Waals surface area contributed by atoms with Crippen LogP contribution in [0.15, 0.2) is 23.1 Å². The van der Waals surface area contributed by atoms with Crippen molar-refractivity contribution in [1.82, 2.24) is 0 Å². The molecule has 1 aromatic rings. The van der Waals surface area contributed by atoms with Crippen molar-refractivity contribution in [2.45, 2.75) is 17.2 Å². The highest BCUT2D eigenvalue weighted by Crippen LogP contribution is 2.36. The molecular weight excluding hydrogens is 274 g/mol. The van der Waals surface area contributed by atoms with Crippen molar-refractivity contribution >= 4 is 11.1 Å². The molecule has 17 heavy (non-hydrogen) atoms. The van der Waals surface area contributed by atoms with E-state index in [4.69, 9.17) is 4.55 Å². The lowest BCUT2D eigenvalue weighted by Gasteiger charge is -2.12. The maximum absolute atomic E-state index is 12.3. The number of hydrogen-bond donors (Lipinski definition) is 1. The van der Waals surface area contributed by atoms with E-state index in [0.29, 0.717) is 0 Å². The fourth-order valence-corrected chi connectivity index (χ4v) is 1.48. The Hall–Kier alpha value is -1.09. The largest absolute Gasteiger partial charge is 0.416 e. The molecule has 0 amide bonds. The zero-order valence-electron chi connectivity index (χ0n) is 7.76. The Bertz CT molecular complexity index is 418. The predicted molar refractivity (Wildman–Crippen MR) is 45.5 cm³/mol. The zero-order chi connectivity index (χ0) is 13.4. The van der Waals surface area contributed by atoms with Crippen LogP contribution in [0.5, 0.6) is 0 Å². The summed E-state index contributed by atoms with van der Waals surface area (Å²) in [5.41, 5.74) is -3.24. The van der Waals surface area contributed by atoms with Gasteiger partial charge in [0.05, 0.1) is 16.0 Å². The van der Waals surface area contributed by atoms with E-state index in [1.165, 1.54) is 0 Å². The molecular formula is C8H4F6O2S. The Morgan fingerprint density at radius 1 is 0.882 bits per heavy atom. The number of hydrogen-bond acceptors (Lipinski definition) is 1. The molecule has 1 aromatic carbocycles. The Kier molecular flexibility index (Phi) is 3.53. The van der Waals surface area contributed by atoms with E-state index in [1.54, 1.807) is 0 Å². The molecule has 0 saturated carbocycles. The molecule has 96 valence electrons. The van der Waals surface area contributed by atoms with Crippen LogP contribution in [0.3, 0.4) is 0 Å². The highest BCUT2D eigenvalue weighted by molar-refractivity contribution is 7.79. The molecule has 0 aromatic heterocycles. The van der Waals surface area contributed by atoms with E-state index in [9.17, 15) is 30.6 Å². The molecule has 1 atom stereocenters. The van der Waals surface area contributed by atoms with Crippen molar-refractivity contribution in [2.24, 2.45) is 0 Å². The standard InChI is InChI=1S/C8H4F6O2S/c9-7(10,11)4-1-5(8(12,13)14)3-6(2-4)17(15)16/h1-3H,(H,15,16). The molecule has 9 heteroatoms. The second kappa shape index (κ2) is 4.30. The van der Waals surface area contributed by atoms with Crippen LogP contribution < -0.4 is 0 Å². The lowest BCUT2D eigenvalue weighted by atomic mass is 10.1. The molecule has 1 rings (SSSR count). The number of halogens is 6. The molecule has 0 fully saturated rings. The van der Waals surface area contributed by atoms with Crippen LogP contribution >= 0.6 is 0 Å². The summed E-state index contributed by atoms with van der Waals surface area (Å²) in [5, 5.41) is 0. The topological polar surface area (TPSA) is 37.3 Å². The SMILES string of the molecule is O=S(O)c1cc(C(F)(F)F)cc(C(F)(F)F)c1. The fraction of sp³-hybridized carbons (Fsp3) is 0.250. The zero-order valence-corrected chi connectivity index (χ0v) is 8.58. The van der Waals surface area contributed by atoms with Gasteiger partial charge in [-0.1, -0.05) is 0 Å². The second-order valence-corrected chi connectivity index (χ2v) is 3.96. The van der Waals surface area contributed by atoms with Crippen LogP contribution in [0.4, 0.5) is 26.3 Å². The van der Waals surface area contributed by atoms with E-state index in [0.717, 1.165) is 0 Å². The van der Waals surface area contributed by atoms with Gasteiger partial charge in [-0.25, -0.2) is 4.21 Å². The smallest absolute Gasteiger partial charge is 0.302 e. The normalized spacial score (nSPS) is 14.8. The summed E-state index contributed by atoms with van der Waals surface area (Å²) in [4.78, 5) is -0.952. The van der Waals surface area contributed by atoms with Gasteiger partial charge >= 0.3 is 12.4 Å². The first-order valence-corrected chi connectivity index (χ1v) is 5.03. The summed E-state index contributed by atoms with van der Waals surface area (Å²) < 4.78 is 92.6. The molecule has 1 unspecified atom stereocenters. The van der Waals surface area contributed by atoms with Gasteiger partial charge in [0.2, 0.25) is 0 Å². The Morgan fingerprint density at radius 2 is 1.24 bits per heavy atom. The number of benzene rings is 1. The molecule has 0 aliphatic carbocycles. The molecule has 0 heterocycles.